The van der Waals surface area contributed by atoms with Gasteiger partial charge in [0.15, 0.2) is 5.78 Å². The van der Waals surface area contributed by atoms with Crippen molar-refractivity contribution in [1.29, 1.82) is 0 Å². The van der Waals surface area contributed by atoms with Crippen molar-refractivity contribution in [3.63, 3.8) is 0 Å². The number of aliphatic hydroxyl groups is 2. The fourth-order valence-corrected chi connectivity index (χ4v) is 18.2. The highest BCUT2D eigenvalue weighted by Gasteiger charge is 2.65. The predicted molar refractivity (Wildman–Crippen MR) is 278 cm³/mol. The third kappa shape index (κ3) is 10.5. The highest BCUT2D eigenvalue weighted by atomic mass is 79.9. The number of ketones is 2. The van der Waals surface area contributed by atoms with E-state index in [0.29, 0.717) is 64.9 Å². The SMILES string of the molecule is C.C.C.COC[C@]12CC[C@@](C)(O)C[C@@H]1CC[C@H]1[C@@H]3CC[C@H](C(=O)CBr)[C@@]3(C)CC[C@@H]12.COC[C@]12CC[C@@](C)(O)C[C@@H]1CC[C@H]1[C@@H]3CC[C@H](C(=O)Cn4cc(C)cn4)[C@@]3(C)CC[C@@H]12.Cc1cn[nH]c1. The van der Waals surface area contributed by atoms with Gasteiger partial charge < -0.3 is 19.7 Å². The summed E-state index contributed by atoms with van der Waals surface area (Å²) in [7, 11) is 3.71. The van der Waals surface area contributed by atoms with E-state index in [1.54, 1.807) is 6.20 Å². The average molecular weight is 1010 g/mol. The van der Waals surface area contributed by atoms with Gasteiger partial charge in [-0.1, -0.05) is 52.1 Å². The lowest BCUT2D eigenvalue weighted by Crippen LogP contribution is -2.58. The number of fused-ring (bicyclic) bond motifs is 10. The lowest BCUT2D eigenvalue weighted by molar-refractivity contribution is -0.175. The number of halogens is 1. The van der Waals surface area contributed by atoms with Crippen molar-refractivity contribution < 1.29 is 29.3 Å². The van der Waals surface area contributed by atoms with Gasteiger partial charge in [-0.3, -0.25) is 19.4 Å². The zero-order chi connectivity index (χ0) is 46.6. The Bertz CT molecular complexity index is 1950. The number of rotatable bonds is 9. The lowest BCUT2D eigenvalue weighted by Gasteiger charge is -2.62. The molecule has 68 heavy (non-hydrogen) atoms. The molecule has 0 radical (unpaired) electrons. The van der Waals surface area contributed by atoms with Crippen LogP contribution in [0.15, 0.2) is 24.8 Å². The first-order chi connectivity index (χ1) is 30.8. The van der Waals surface area contributed by atoms with Gasteiger partial charge in [0.2, 0.25) is 0 Å². The molecule has 2 heterocycles. The first kappa shape index (κ1) is 57.0. The van der Waals surface area contributed by atoms with Crippen LogP contribution < -0.4 is 0 Å². The number of ether oxygens (including phenoxy) is 2. The zero-order valence-corrected chi connectivity index (χ0v) is 43.0. The number of aryl methyl sites for hydroxylation is 2. The summed E-state index contributed by atoms with van der Waals surface area (Å²) in [5.74, 6) is 6.56. The first-order valence-electron chi connectivity index (χ1n) is 25.8. The quantitative estimate of drug-likeness (QED) is 0.211. The number of hydrogen-bond acceptors (Lipinski definition) is 8. The number of methoxy groups -OCH3 is 2. The molecule has 16 atom stereocenters. The standard InChI is InChI=1S/C27H42N2O3.C23H37BrO3.C4H6N2.3CH4/c1-18-14-28-29(15-18)16-24(30)23-8-7-21-20-6-5-19-13-25(2,31)11-12-27(19,17-32-4)22(20)9-10-26(21,23)3;1-21(26)10-11-23(14-27-3)15(12-21)4-5-16-17-6-7-19(20(25)13-24)22(17,2)9-8-18(16)23;1-4-2-5-6-3-4;;;/h14-15,19-23,31H,5-13,16-17H2,1-4H3;15-19,26H,4-14H2,1-3H3;2-3H,1H3,(H,5,6);3*1H4/t19-,20-,21-,22-,23+,25+,26-,27+;15-,16-,17-,18-,19+,21+,22-,23+;;;;/m00..../s1. The van der Waals surface area contributed by atoms with Crippen LogP contribution in [0.3, 0.4) is 0 Å². The van der Waals surface area contributed by atoms with Crippen LogP contribution in [-0.2, 0) is 25.6 Å². The number of aromatic nitrogens is 4. The monoisotopic (exact) mass is 1010 g/mol. The van der Waals surface area contributed by atoms with Crippen LogP contribution in [0, 0.1) is 94.7 Å². The maximum absolute atomic E-state index is 13.4. The third-order valence-corrected chi connectivity index (χ3v) is 21.3. The van der Waals surface area contributed by atoms with E-state index >= 15 is 0 Å². The van der Waals surface area contributed by atoms with Crippen LogP contribution in [0.25, 0.3) is 0 Å². The Balaban J connectivity index is 0.000000219. The second kappa shape index (κ2) is 22.1. The van der Waals surface area contributed by atoms with E-state index in [4.69, 9.17) is 9.47 Å². The largest absolute Gasteiger partial charge is 0.390 e. The highest BCUT2D eigenvalue weighted by molar-refractivity contribution is 9.09. The number of hydrogen-bond donors (Lipinski definition) is 3. The van der Waals surface area contributed by atoms with E-state index < -0.39 is 11.2 Å². The summed E-state index contributed by atoms with van der Waals surface area (Å²) in [6, 6.07) is 0. The number of nitrogens with zero attached hydrogens (tertiary/aromatic N) is 3. The molecule has 388 valence electrons. The predicted octanol–water partition coefficient (Wildman–Crippen LogP) is 12.4. The topological polar surface area (TPSA) is 140 Å². The first-order valence-corrected chi connectivity index (χ1v) is 27.0. The third-order valence-electron chi connectivity index (χ3n) is 20.8. The van der Waals surface area contributed by atoms with Crippen LogP contribution in [0.4, 0.5) is 0 Å². The van der Waals surface area contributed by atoms with Crippen LogP contribution in [-0.4, -0.2) is 85.7 Å². The smallest absolute Gasteiger partial charge is 0.157 e. The Kier molecular flexibility index (Phi) is 18.5. The van der Waals surface area contributed by atoms with Gasteiger partial charge in [-0.15, -0.1) is 0 Å². The van der Waals surface area contributed by atoms with Gasteiger partial charge in [-0.25, -0.2) is 0 Å². The van der Waals surface area contributed by atoms with Crippen LogP contribution >= 0.6 is 15.9 Å². The van der Waals surface area contributed by atoms with Gasteiger partial charge in [0, 0.05) is 38.4 Å². The summed E-state index contributed by atoms with van der Waals surface area (Å²) in [6.07, 6.45) is 27.6. The minimum atomic E-state index is -0.520. The molecule has 0 spiro atoms. The fourth-order valence-electron chi connectivity index (χ4n) is 17.9. The number of alkyl halides is 1. The van der Waals surface area contributed by atoms with Gasteiger partial charge in [0.1, 0.15) is 5.78 Å². The van der Waals surface area contributed by atoms with Crippen LogP contribution in [0.1, 0.15) is 177 Å². The molecular weight excluding hydrogens is 917 g/mol. The van der Waals surface area contributed by atoms with Gasteiger partial charge in [-0.05, 0) is 223 Å². The van der Waals surface area contributed by atoms with Crippen molar-refractivity contribution in [2.24, 2.45) is 80.8 Å². The minimum Gasteiger partial charge on any atom is -0.390 e. The molecule has 10 nitrogen and oxygen atoms in total. The van der Waals surface area contributed by atoms with Gasteiger partial charge in [-0.2, -0.15) is 10.2 Å². The molecule has 0 bridgehead atoms. The molecule has 8 saturated carbocycles. The van der Waals surface area contributed by atoms with Gasteiger partial charge in [0.25, 0.3) is 0 Å². The van der Waals surface area contributed by atoms with Crippen LogP contribution in [0.2, 0.25) is 0 Å². The van der Waals surface area contributed by atoms with Crippen LogP contribution in [0.5, 0.6) is 0 Å². The molecule has 0 aliphatic heterocycles. The molecular formula is C57H97BrN4O6. The second-order valence-corrected chi connectivity index (χ2v) is 25.0. The van der Waals surface area contributed by atoms with Crippen molar-refractivity contribution >= 4 is 27.5 Å². The number of aromatic amines is 1. The molecule has 0 aromatic carbocycles. The molecule has 0 unspecified atom stereocenters. The Morgan fingerprint density at radius 2 is 1.15 bits per heavy atom. The second-order valence-electron chi connectivity index (χ2n) is 24.4. The fraction of sp³-hybridized carbons (Fsp3) is 0.860. The highest BCUT2D eigenvalue weighted by Crippen LogP contribution is 2.70. The molecule has 11 heteroatoms. The number of Topliss-reactive ketones (excluding diaryl/α,β-unsaturated/α-hetero) is 2. The van der Waals surface area contributed by atoms with Crippen molar-refractivity contribution in [2.45, 2.75) is 197 Å². The van der Waals surface area contributed by atoms with E-state index in [0.717, 1.165) is 82.5 Å². The average Bonchev–Trinajstić information content (AvgIpc) is 4.07. The maximum Gasteiger partial charge on any atom is 0.157 e. The molecule has 8 aliphatic carbocycles. The minimum absolute atomic E-state index is 0. The zero-order valence-electron chi connectivity index (χ0n) is 41.4. The molecule has 2 aromatic rings. The summed E-state index contributed by atoms with van der Waals surface area (Å²) in [4.78, 5) is 26.0. The van der Waals surface area contributed by atoms with Crippen molar-refractivity contribution in [1.82, 2.24) is 20.0 Å². The Hall–Kier alpha value is -1.92. The Labute approximate surface area is 421 Å². The summed E-state index contributed by atoms with van der Waals surface area (Å²) in [5.41, 5.74) is 2.06. The molecule has 3 N–H and O–H groups in total. The molecule has 0 saturated heterocycles. The van der Waals surface area contributed by atoms with Gasteiger partial charge in [0.05, 0.1) is 48.7 Å². The van der Waals surface area contributed by atoms with E-state index in [-0.39, 0.29) is 55.8 Å². The normalized spacial score (nSPS) is 42.9. The Morgan fingerprint density at radius 1 is 0.662 bits per heavy atom. The molecule has 8 fully saturated rings. The number of H-pyrrole nitrogens is 1. The van der Waals surface area contributed by atoms with E-state index in [1.807, 2.05) is 65.2 Å². The molecule has 0 amide bonds. The summed E-state index contributed by atoms with van der Waals surface area (Å²) >= 11 is 3.43. The number of carbonyl (C=O) groups is 2. The molecule has 10 rings (SSSR count). The Morgan fingerprint density at radius 3 is 1.53 bits per heavy atom. The van der Waals surface area contributed by atoms with Gasteiger partial charge >= 0.3 is 0 Å². The summed E-state index contributed by atoms with van der Waals surface area (Å²) in [5, 5.41) is 32.8. The van der Waals surface area contributed by atoms with Crippen molar-refractivity contribution in [3.05, 3.63) is 35.9 Å². The van der Waals surface area contributed by atoms with E-state index in [1.165, 1.54) is 63.4 Å². The van der Waals surface area contributed by atoms with E-state index in [2.05, 4.69) is 45.1 Å². The molecule has 2 aromatic heterocycles. The summed E-state index contributed by atoms with van der Waals surface area (Å²) in [6.45, 7) is 15.0. The molecule has 8 aliphatic rings. The summed E-state index contributed by atoms with van der Waals surface area (Å²) < 4.78 is 13.5. The lowest BCUT2D eigenvalue weighted by atomic mass is 9.43. The van der Waals surface area contributed by atoms with Crippen molar-refractivity contribution in [2.75, 3.05) is 32.8 Å². The number of nitrogens with one attached hydrogen (secondary N) is 1. The van der Waals surface area contributed by atoms with E-state index in [9.17, 15) is 19.8 Å². The number of carbonyl (C=O) groups excluding carboxylic acids is 2. The van der Waals surface area contributed by atoms with Crippen molar-refractivity contribution in [3.8, 4) is 0 Å². The maximum atomic E-state index is 13.4.